The number of benzene rings is 1. The van der Waals surface area contributed by atoms with Gasteiger partial charge in [-0.15, -0.1) is 0 Å². The molecule has 1 aromatic rings. The van der Waals surface area contributed by atoms with Gasteiger partial charge in [0, 0.05) is 13.1 Å². The van der Waals surface area contributed by atoms with Crippen LogP contribution in [0.4, 0.5) is 0 Å². The zero-order valence-electron chi connectivity index (χ0n) is 10.8. The molecule has 0 aliphatic carbocycles. The van der Waals surface area contributed by atoms with E-state index in [0.717, 1.165) is 5.56 Å². The summed E-state index contributed by atoms with van der Waals surface area (Å²) in [5, 5.41) is 9.81. The Balaban J connectivity index is 2.04. The number of aliphatic hydroxyl groups excluding tert-OH is 1. The molecule has 1 N–H and O–H groups in total. The van der Waals surface area contributed by atoms with E-state index in [1.54, 1.807) is 6.92 Å². The maximum atomic E-state index is 11.9. The van der Waals surface area contributed by atoms with Gasteiger partial charge in [-0.3, -0.25) is 9.59 Å². The average molecular weight is 263 g/mol. The molecule has 0 saturated carbocycles. The molecule has 1 aromatic carbocycles. The van der Waals surface area contributed by atoms with Crippen LogP contribution in [-0.4, -0.2) is 41.1 Å². The molecule has 2 rings (SSSR count). The number of rotatable bonds is 4. The Bertz CT molecular complexity index is 460. The number of carbonyl (C=O) groups is 2. The lowest BCUT2D eigenvalue weighted by molar-refractivity contribution is -0.152. The zero-order valence-corrected chi connectivity index (χ0v) is 10.8. The molecule has 5 heteroatoms. The molecule has 1 aliphatic rings. The first-order chi connectivity index (χ1) is 9.13. The third kappa shape index (κ3) is 2.93. The van der Waals surface area contributed by atoms with E-state index in [1.807, 2.05) is 30.3 Å². The molecule has 1 amide bonds. The first kappa shape index (κ1) is 13.5. The highest BCUT2D eigenvalue weighted by Gasteiger charge is 2.43. The molecule has 0 bridgehead atoms. The summed E-state index contributed by atoms with van der Waals surface area (Å²) in [6.07, 6.45) is -1.29. The van der Waals surface area contributed by atoms with Crippen LogP contribution in [0.1, 0.15) is 12.5 Å². The standard InChI is InChI=1S/C14H17NO4/c1-2-19-14(18)11-9-15(13(17)12(11)16)8-10-6-4-3-5-7-10/h3-7,11-12,16H,2,8-9H2,1H3/t11-,12+/m0/s1. The van der Waals surface area contributed by atoms with Gasteiger partial charge < -0.3 is 14.7 Å². The van der Waals surface area contributed by atoms with Gasteiger partial charge in [0.05, 0.1) is 6.61 Å². The molecule has 1 aliphatic heterocycles. The molecular weight excluding hydrogens is 246 g/mol. The first-order valence-electron chi connectivity index (χ1n) is 6.31. The summed E-state index contributed by atoms with van der Waals surface area (Å²) in [4.78, 5) is 25.0. The smallest absolute Gasteiger partial charge is 0.313 e. The fourth-order valence-electron chi connectivity index (χ4n) is 2.19. The number of hydrogen-bond acceptors (Lipinski definition) is 4. The van der Waals surface area contributed by atoms with Crippen molar-refractivity contribution in [1.82, 2.24) is 4.90 Å². The van der Waals surface area contributed by atoms with Crippen molar-refractivity contribution >= 4 is 11.9 Å². The van der Waals surface area contributed by atoms with E-state index in [9.17, 15) is 14.7 Å². The normalized spacial score (nSPS) is 22.6. The molecule has 0 unspecified atom stereocenters. The summed E-state index contributed by atoms with van der Waals surface area (Å²) in [5.41, 5.74) is 0.965. The van der Waals surface area contributed by atoms with Gasteiger partial charge in [-0.1, -0.05) is 30.3 Å². The number of ether oxygens (including phenoxy) is 1. The van der Waals surface area contributed by atoms with Crippen LogP contribution < -0.4 is 0 Å². The van der Waals surface area contributed by atoms with E-state index < -0.39 is 23.9 Å². The summed E-state index contributed by atoms with van der Waals surface area (Å²) >= 11 is 0. The largest absolute Gasteiger partial charge is 0.466 e. The molecule has 0 spiro atoms. The van der Waals surface area contributed by atoms with Crippen molar-refractivity contribution in [1.29, 1.82) is 0 Å². The second-order valence-corrected chi connectivity index (χ2v) is 4.51. The Morgan fingerprint density at radius 1 is 1.42 bits per heavy atom. The van der Waals surface area contributed by atoms with Crippen molar-refractivity contribution in [3.05, 3.63) is 35.9 Å². The minimum atomic E-state index is -1.29. The highest BCUT2D eigenvalue weighted by Crippen LogP contribution is 2.22. The van der Waals surface area contributed by atoms with E-state index >= 15 is 0 Å². The van der Waals surface area contributed by atoms with Crippen LogP contribution in [0, 0.1) is 5.92 Å². The van der Waals surface area contributed by atoms with Gasteiger partial charge in [0.15, 0.2) is 0 Å². The second-order valence-electron chi connectivity index (χ2n) is 4.51. The van der Waals surface area contributed by atoms with Crippen LogP contribution in [0.2, 0.25) is 0 Å². The van der Waals surface area contributed by atoms with Crippen LogP contribution in [0.25, 0.3) is 0 Å². The molecule has 2 atom stereocenters. The van der Waals surface area contributed by atoms with Gasteiger partial charge >= 0.3 is 5.97 Å². The molecular formula is C14H17NO4. The van der Waals surface area contributed by atoms with Gasteiger partial charge in [0.1, 0.15) is 12.0 Å². The van der Waals surface area contributed by atoms with Crippen molar-refractivity contribution in [2.75, 3.05) is 13.2 Å². The van der Waals surface area contributed by atoms with Gasteiger partial charge in [0.2, 0.25) is 0 Å². The Hall–Kier alpha value is -1.88. The third-order valence-corrected chi connectivity index (χ3v) is 3.17. The summed E-state index contributed by atoms with van der Waals surface area (Å²) in [6, 6.07) is 9.46. The van der Waals surface area contributed by atoms with Gasteiger partial charge in [-0.05, 0) is 12.5 Å². The molecule has 1 fully saturated rings. The number of likely N-dealkylation sites (tertiary alicyclic amines) is 1. The van der Waals surface area contributed by atoms with Crippen LogP contribution in [0.15, 0.2) is 30.3 Å². The third-order valence-electron chi connectivity index (χ3n) is 3.17. The van der Waals surface area contributed by atoms with E-state index in [2.05, 4.69) is 0 Å². The lowest BCUT2D eigenvalue weighted by Crippen LogP contribution is -2.31. The predicted molar refractivity (Wildman–Crippen MR) is 68.0 cm³/mol. The number of hydrogen-bond donors (Lipinski definition) is 1. The average Bonchev–Trinajstić information content (AvgIpc) is 2.69. The van der Waals surface area contributed by atoms with Crippen LogP contribution in [0.5, 0.6) is 0 Å². The Morgan fingerprint density at radius 2 is 2.11 bits per heavy atom. The first-order valence-corrected chi connectivity index (χ1v) is 6.31. The van der Waals surface area contributed by atoms with Crippen molar-refractivity contribution in [2.45, 2.75) is 19.6 Å². The monoisotopic (exact) mass is 263 g/mol. The van der Waals surface area contributed by atoms with Crippen molar-refractivity contribution in [3.8, 4) is 0 Å². The highest BCUT2D eigenvalue weighted by molar-refractivity contribution is 5.90. The summed E-state index contributed by atoms with van der Waals surface area (Å²) in [6.45, 7) is 2.54. The fourth-order valence-corrected chi connectivity index (χ4v) is 2.19. The Morgan fingerprint density at radius 3 is 2.74 bits per heavy atom. The summed E-state index contributed by atoms with van der Waals surface area (Å²) in [7, 11) is 0. The maximum Gasteiger partial charge on any atom is 0.313 e. The van der Waals surface area contributed by atoms with E-state index in [1.165, 1.54) is 4.90 Å². The minimum Gasteiger partial charge on any atom is -0.466 e. The number of aliphatic hydroxyl groups is 1. The SMILES string of the molecule is CCOC(=O)[C@H]1CN(Cc2ccccc2)C(=O)[C@@H]1O. The topological polar surface area (TPSA) is 66.8 Å². The van der Waals surface area contributed by atoms with Crippen molar-refractivity contribution in [2.24, 2.45) is 5.92 Å². The molecule has 5 nitrogen and oxygen atoms in total. The number of amides is 1. The minimum absolute atomic E-state index is 0.202. The Kier molecular flexibility index (Phi) is 4.16. The quantitative estimate of drug-likeness (QED) is 0.806. The van der Waals surface area contributed by atoms with Crippen molar-refractivity contribution < 1.29 is 19.4 Å². The van der Waals surface area contributed by atoms with Crippen LogP contribution in [-0.2, 0) is 20.9 Å². The summed E-state index contributed by atoms with van der Waals surface area (Å²) in [5.74, 6) is -1.71. The van der Waals surface area contributed by atoms with Gasteiger partial charge in [0.25, 0.3) is 5.91 Å². The molecule has 0 radical (unpaired) electrons. The second kappa shape index (κ2) is 5.84. The van der Waals surface area contributed by atoms with Crippen LogP contribution in [0.3, 0.4) is 0 Å². The maximum absolute atomic E-state index is 11.9. The van der Waals surface area contributed by atoms with Crippen molar-refractivity contribution in [3.63, 3.8) is 0 Å². The summed E-state index contributed by atoms with van der Waals surface area (Å²) < 4.78 is 4.87. The molecule has 0 aromatic heterocycles. The van der Waals surface area contributed by atoms with Gasteiger partial charge in [-0.25, -0.2) is 0 Å². The Labute approximate surface area is 111 Å². The predicted octanol–water partition coefficient (Wildman–Crippen LogP) is 0.569. The highest BCUT2D eigenvalue weighted by atomic mass is 16.5. The fraction of sp³-hybridized carbons (Fsp3) is 0.429. The molecule has 19 heavy (non-hydrogen) atoms. The number of esters is 1. The number of carbonyl (C=O) groups excluding carboxylic acids is 2. The van der Waals surface area contributed by atoms with E-state index in [-0.39, 0.29) is 13.2 Å². The number of nitrogens with zero attached hydrogens (tertiary/aromatic N) is 1. The molecule has 1 saturated heterocycles. The zero-order chi connectivity index (χ0) is 13.8. The van der Waals surface area contributed by atoms with E-state index in [0.29, 0.717) is 6.54 Å². The molecule has 1 heterocycles. The van der Waals surface area contributed by atoms with Crippen LogP contribution >= 0.6 is 0 Å². The molecule has 102 valence electrons. The lowest BCUT2D eigenvalue weighted by atomic mass is 10.1. The van der Waals surface area contributed by atoms with E-state index in [4.69, 9.17) is 4.74 Å². The lowest BCUT2D eigenvalue weighted by Gasteiger charge is -2.15. The van der Waals surface area contributed by atoms with Gasteiger partial charge in [-0.2, -0.15) is 0 Å².